The van der Waals surface area contributed by atoms with Crippen molar-refractivity contribution >= 4 is 33.6 Å². The molecule has 22 heavy (non-hydrogen) atoms. The van der Waals surface area contributed by atoms with Gasteiger partial charge in [0.15, 0.2) is 0 Å². The fourth-order valence-electron chi connectivity index (χ4n) is 2.77. The fraction of sp³-hybridized carbons (Fsp3) is 0.357. The van der Waals surface area contributed by atoms with E-state index >= 15 is 0 Å². The minimum atomic E-state index is -0.304. The molecule has 0 aliphatic carbocycles. The van der Waals surface area contributed by atoms with Crippen LogP contribution in [0.4, 0.5) is 0 Å². The van der Waals surface area contributed by atoms with Crippen molar-refractivity contribution in [1.82, 2.24) is 19.9 Å². The zero-order chi connectivity index (χ0) is 15.3. The summed E-state index contributed by atoms with van der Waals surface area (Å²) in [7, 11) is 1.40. The first-order valence-electron chi connectivity index (χ1n) is 6.92. The molecule has 0 bridgehead atoms. The van der Waals surface area contributed by atoms with Crippen LogP contribution in [0.2, 0.25) is 0 Å². The van der Waals surface area contributed by atoms with Gasteiger partial charge in [-0.15, -0.1) is 11.3 Å². The molecule has 1 N–H and O–H groups in total. The van der Waals surface area contributed by atoms with Gasteiger partial charge in [0.2, 0.25) is 4.96 Å². The molecular weight excluding hydrogens is 320 g/mol. The average Bonchev–Trinajstić information content (AvgIpc) is 3.19. The summed E-state index contributed by atoms with van der Waals surface area (Å²) >= 11 is 3.15. The number of hydrogen-bond donors (Lipinski definition) is 1. The van der Waals surface area contributed by atoms with Crippen molar-refractivity contribution in [3.8, 4) is 0 Å². The molecule has 8 heteroatoms. The minimum Gasteiger partial charge on any atom is -0.465 e. The highest BCUT2D eigenvalue weighted by Crippen LogP contribution is 2.34. The Labute approximate surface area is 134 Å². The van der Waals surface area contributed by atoms with E-state index in [4.69, 9.17) is 9.72 Å². The van der Waals surface area contributed by atoms with E-state index < -0.39 is 0 Å². The first-order valence-corrected chi connectivity index (χ1v) is 8.62. The molecule has 4 rings (SSSR count). The summed E-state index contributed by atoms with van der Waals surface area (Å²) in [6, 6.07) is 1.91. The Kier molecular flexibility index (Phi) is 3.24. The van der Waals surface area contributed by atoms with Crippen molar-refractivity contribution in [2.45, 2.75) is 19.4 Å². The third kappa shape index (κ3) is 2.06. The van der Waals surface area contributed by atoms with Crippen LogP contribution in [0, 0.1) is 6.92 Å². The predicted molar refractivity (Wildman–Crippen MR) is 84.8 cm³/mol. The van der Waals surface area contributed by atoms with Gasteiger partial charge in [-0.2, -0.15) is 5.10 Å². The molecule has 0 saturated carbocycles. The highest BCUT2D eigenvalue weighted by molar-refractivity contribution is 7.16. The van der Waals surface area contributed by atoms with Gasteiger partial charge in [0.1, 0.15) is 5.01 Å². The van der Waals surface area contributed by atoms with Crippen LogP contribution in [-0.2, 0) is 11.2 Å². The second kappa shape index (κ2) is 5.15. The normalized spacial score (nSPS) is 17.6. The van der Waals surface area contributed by atoms with Crippen molar-refractivity contribution in [1.29, 1.82) is 0 Å². The smallest absolute Gasteiger partial charge is 0.338 e. The van der Waals surface area contributed by atoms with Gasteiger partial charge in [-0.05, 0) is 13.0 Å². The molecule has 0 radical (unpaired) electrons. The maximum atomic E-state index is 11.7. The largest absolute Gasteiger partial charge is 0.465 e. The van der Waals surface area contributed by atoms with E-state index in [2.05, 4.69) is 10.4 Å². The van der Waals surface area contributed by atoms with Gasteiger partial charge in [-0.25, -0.2) is 14.3 Å². The fourth-order valence-corrected chi connectivity index (χ4v) is 4.49. The molecule has 0 spiro atoms. The molecule has 114 valence electrons. The molecule has 0 fully saturated rings. The van der Waals surface area contributed by atoms with Gasteiger partial charge in [-0.3, -0.25) is 0 Å². The molecule has 1 aliphatic heterocycles. The summed E-state index contributed by atoms with van der Waals surface area (Å²) in [5.74, 6) is -0.304. The van der Waals surface area contributed by atoms with Crippen molar-refractivity contribution in [2.24, 2.45) is 0 Å². The van der Waals surface area contributed by atoms with Crippen LogP contribution in [-0.4, -0.2) is 34.2 Å². The quantitative estimate of drug-likeness (QED) is 0.728. The maximum Gasteiger partial charge on any atom is 0.338 e. The molecule has 0 aromatic carbocycles. The van der Waals surface area contributed by atoms with Crippen molar-refractivity contribution < 1.29 is 9.53 Å². The summed E-state index contributed by atoms with van der Waals surface area (Å²) in [5, 5.41) is 10.9. The van der Waals surface area contributed by atoms with Gasteiger partial charge in [-0.1, -0.05) is 11.3 Å². The van der Waals surface area contributed by atoms with Crippen LogP contribution >= 0.6 is 22.7 Å². The lowest BCUT2D eigenvalue weighted by atomic mass is 10.0. The first-order chi connectivity index (χ1) is 10.7. The molecular formula is C14H14N4O2S2. The highest BCUT2D eigenvalue weighted by Gasteiger charge is 2.29. The number of carbonyl (C=O) groups is 1. The third-order valence-corrected chi connectivity index (χ3v) is 5.55. The van der Waals surface area contributed by atoms with E-state index in [9.17, 15) is 4.79 Å². The van der Waals surface area contributed by atoms with Crippen molar-refractivity contribution in [3.63, 3.8) is 0 Å². The minimum absolute atomic E-state index is 0.0173. The second-order valence-corrected chi connectivity index (χ2v) is 7.23. The van der Waals surface area contributed by atoms with Crippen molar-refractivity contribution in [2.75, 3.05) is 13.7 Å². The predicted octanol–water partition coefficient (Wildman–Crippen LogP) is 2.18. The van der Waals surface area contributed by atoms with Crippen LogP contribution < -0.4 is 5.32 Å². The Morgan fingerprint density at radius 3 is 3.23 bits per heavy atom. The number of ether oxygens (including phenoxy) is 1. The number of methoxy groups -OCH3 is 1. The van der Waals surface area contributed by atoms with Crippen LogP contribution in [0.15, 0.2) is 11.4 Å². The summed E-state index contributed by atoms with van der Waals surface area (Å²) in [5.41, 5.74) is 2.77. The van der Waals surface area contributed by atoms with Crippen molar-refractivity contribution in [3.05, 3.63) is 38.3 Å². The number of aromatic nitrogens is 3. The topological polar surface area (TPSA) is 68.5 Å². The number of carbonyl (C=O) groups excluding carboxylic acids is 1. The molecule has 1 atom stereocenters. The molecule has 6 nitrogen and oxygen atoms in total. The number of thiophene rings is 1. The number of fused-ring (bicyclic) bond motifs is 3. The standard InChI is InChI=1S/C14H14N4O2S2/c1-7-17-18-12-9(16-14(18)22-7)3-4-15-11(12)10-5-8(6-21-10)13(19)20-2/h5-6,11,15H,3-4H2,1-2H3. The van der Waals surface area contributed by atoms with Gasteiger partial charge in [0.25, 0.3) is 0 Å². The molecule has 0 amide bonds. The first kappa shape index (κ1) is 13.9. The highest BCUT2D eigenvalue weighted by atomic mass is 32.1. The summed E-state index contributed by atoms with van der Waals surface area (Å²) < 4.78 is 6.72. The second-order valence-electron chi connectivity index (χ2n) is 5.13. The molecule has 3 aromatic rings. The monoisotopic (exact) mass is 334 g/mol. The number of hydrogen-bond acceptors (Lipinski definition) is 7. The number of nitrogens with zero attached hydrogens (tertiary/aromatic N) is 3. The lowest BCUT2D eigenvalue weighted by molar-refractivity contribution is 0.0601. The zero-order valence-corrected chi connectivity index (χ0v) is 13.8. The van der Waals surface area contributed by atoms with Gasteiger partial charge >= 0.3 is 5.97 Å². The van der Waals surface area contributed by atoms with Gasteiger partial charge < -0.3 is 10.1 Å². The summed E-state index contributed by atoms with van der Waals surface area (Å²) in [4.78, 5) is 18.4. The van der Waals surface area contributed by atoms with E-state index in [1.807, 2.05) is 22.9 Å². The average molecular weight is 334 g/mol. The van der Waals surface area contributed by atoms with E-state index in [-0.39, 0.29) is 12.0 Å². The Hall–Kier alpha value is -1.77. The zero-order valence-electron chi connectivity index (χ0n) is 12.1. The van der Waals surface area contributed by atoms with Crippen LogP contribution in [0.5, 0.6) is 0 Å². The van der Waals surface area contributed by atoms with Crippen LogP contribution in [0.3, 0.4) is 0 Å². The number of esters is 1. The number of rotatable bonds is 2. The number of imidazole rings is 1. The van der Waals surface area contributed by atoms with Gasteiger partial charge in [0, 0.05) is 23.2 Å². The Morgan fingerprint density at radius 2 is 2.41 bits per heavy atom. The molecule has 0 saturated heterocycles. The summed E-state index contributed by atoms with van der Waals surface area (Å²) in [6.45, 7) is 2.85. The lowest BCUT2D eigenvalue weighted by Gasteiger charge is -2.22. The Balaban J connectivity index is 1.81. The Morgan fingerprint density at radius 1 is 1.55 bits per heavy atom. The lowest BCUT2D eigenvalue weighted by Crippen LogP contribution is -2.31. The van der Waals surface area contributed by atoms with Gasteiger partial charge in [0.05, 0.1) is 30.1 Å². The SMILES string of the molecule is COC(=O)c1csc(C2NCCc3nc4sc(C)nn4c32)c1. The summed E-state index contributed by atoms with van der Waals surface area (Å²) in [6.07, 6.45) is 0.899. The number of nitrogens with one attached hydrogen (secondary N) is 1. The molecule has 3 aromatic heterocycles. The maximum absolute atomic E-state index is 11.7. The third-order valence-electron chi connectivity index (χ3n) is 3.72. The van der Waals surface area contributed by atoms with E-state index in [0.29, 0.717) is 5.56 Å². The Bertz CT molecular complexity index is 864. The molecule has 1 aliphatic rings. The van der Waals surface area contributed by atoms with Crippen LogP contribution in [0.1, 0.15) is 37.7 Å². The van der Waals surface area contributed by atoms with E-state index in [0.717, 1.165) is 39.2 Å². The molecule has 1 unspecified atom stereocenters. The van der Waals surface area contributed by atoms with E-state index in [1.54, 1.807) is 22.7 Å². The molecule has 4 heterocycles. The number of aryl methyl sites for hydroxylation is 1. The van der Waals surface area contributed by atoms with Crippen LogP contribution in [0.25, 0.3) is 4.96 Å². The van der Waals surface area contributed by atoms with E-state index in [1.165, 1.54) is 7.11 Å².